The maximum Gasteiger partial charge on any atom is 0.0458 e. The molecule has 0 heterocycles. The lowest BCUT2D eigenvalue weighted by atomic mass is 10.0. The van der Waals surface area contributed by atoms with Gasteiger partial charge in [0.2, 0.25) is 0 Å². The van der Waals surface area contributed by atoms with Gasteiger partial charge in [0.15, 0.2) is 0 Å². The highest BCUT2D eigenvalue weighted by Crippen LogP contribution is 2.09. The molecule has 1 unspecified atom stereocenters. The van der Waals surface area contributed by atoms with Crippen molar-refractivity contribution in [3.8, 4) is 0 Å². The highest BCUT2D eigenvalue weighted by Gasteiger charge is 2.08. The quantitative estimate of drug-likeness (QED) is 0.512. The van der Waals surface area contributed by atoms with E-state index >= 15 is 0 Å². The van der Waals surface area contributed by atoms with Gasteiger partial charge in [0, 0.05) is 6.04 Å². The normalized spacial score (nSPS) is 12.1. The van der Waals surface area contributed by atoms with Gasteiger partial charge in [0.1, 0.15) is 0 Å². The van der Waals surface area contributed by atoms with E-state index in [1.165, 1.54) is 12.0 Å². The van der Waals surface area contributed by atoms with Crippen LogP contribution in [0.15, 0.2) is 36.5 Å². The Morgan fingerprint density at radius 2 is 1.78 bits per heavy atom. The molecule has 0 aromatic heterocycles. The first-order valence-electron chi connectivity index (χ1n) is 7.17. The van der Waals surface area contributed by atoms with E-state index in [9.17, 15) is 0 Å². The molecule has 0 aliphatic carbocycles. The average molecular weight is 254 g/mol. The molecule has 2 nitrogen and oxygen atoms in total. The molecule has 0 radical (unpaired) electrons. The van der Waals surface area contributed by atoms with Crippen molar-refractivity contribution in [3.63, 3.8) is 0 Å². The second-order valence-electron chi connectivity index (χ2n) is 3.12. The fourth-order valence-corrected chi connectivity index (χ4v) is 1.38. The first kappa shape index (κ1) is 22.3. The summed E-state index contributed by atoms with van der Waals surface area (Å²) in [4.78, 5) is 0. The maximum atomic E-state index is 3.67. The monoisotopic (exact) mass is 254 g/mol. The molecular formula is C16H34N2. The zero-order valence-corrected chi connectivity index (χ0v) is 13.5. The summed E-state index contributed by atoms with van der Waals surface area (Å²) in [7, 11) is 1.90. The Morgan fingerprint density at radius 1 is 1.22 bits per heavy atom. The Hall–Kier alpha value is -0.860. The zero-order valence-electron chi connectivity index (χ0n) is 13.5. The Labute approximate surface area is 115 Å². The van der Waals surface area contributed by atoms with E-state index in [0.29, 0.717) is 6.04 Å². The van der Waals surface area contributed by atoms with Crippen molar-refractivity contribution < 1.29 is 0 Å². The van der Waals surface area contributed by atoms with Crippen LogP contribution in [0.2, 0.25) is 0 Å². The van der Waals surface area contributed by atoms with Crippen LogP contribution in [0.4, 0.5) is 0 Å². The fourth-order valence-electron chi connectivity index (χ4n) is 1.38. The second-order valence-corrected chi connectivity index (χ2v) is 3.12. The van der Waals surface area contributed by atoms with Crippen LogP contribution in [0.5, 0.6) is 0 Å². The molecule has 0 fully saturated rings. The van der Waals surface area contributed by atoms with Crippen LogP contribution in [-0.2, 0) is 0 Å². The molecule has 0 aromatic carbocycles. The van der Waals surface area contributed by atoms with E-state index in [0.717, 1.165) is 6.42 Å². The van der Waals surface area contributed by atoms with Crippen LogP contribution in [0.1, 0.15) is 54.4 Å². The van der Waals surface area contributed by atoms with Crippen molar-refractivity contribution in [1.82, 2.24) is 10.9 Å². The number of hydrogen-bond acceptors (Lipinski definition) is 2. The molecular weight excluding hydrogens is 220 g/mol. The van der Waals surface area contributed by atoms with Gasteiger partial charge >= 0.3 is 0 Å². The lowest BCUT2D eigenvalue weighted by Gasteiger charge is -2.18. The topological polar surface area (TPSA) is 24.1 Å². The lowest BCUT2D eigenvalue weighted by molar-refractivity contribution is 0.481. The van der Waals surface area contributed by atoms with E-state index in [1.54, 1.807) is 6.08 Å². The standard InChI is InChI=1S/C12H22N2.2C2H6/c1-5-8-10-11(7-3)12(9-6-2)14-13-4;2*1-2/h5,7-8,10,12-14H,1,6,9H2,2-4H3;2*1-2H3/b10-8-,11-7+;;. The Morgan fingerprint density at radius 3 is 2.11 bits per heavy atom. The summed E-state index contributed by atoms with van der Waals surface area (Å²) >= 11 is 0. The Bertz CT molecular complexity index is 199. The van der Waals surface area contributed by atoms with Crippen LogP contribution in [0, 0.1) is 0 Å². The molecule has 18 heavy (non-hydrogen) atoms. The summed E-state index contributed by atoms with van der Waals surface area (Å²) in [6, 6.07) is 0.381. The van der Waals surface area contributed by atoms with Gasteiger partial charge in [-0.1, -0.05) is 71.9 Å². The van der Waals surface area contributed by atoms with Crippen LogP contribution >= 0.6 is 0 Å². The van der Waals surface area contributed by atoms with E-state index in [2.05, 4.69) is 43.4 Å². The molecule has 1 atom stereocenters. The summed E-state index contributed by atoms with van der Waals surface area (Å²) in [5.74, 6) is 0. The maximum absolute atomic E-state index is 3.67. The molecule has 0 amide bonds. The predicted molar refractivity (Wildman–Crippen MR) is 86.7 cm³/mol. The number of allylic oxidation sites excluding steroid dienone is 3. The zero-order chi connectivity index (χ0) is 14.8. The summed E-state index contributed by atoms with van der Waals surface area (Å²) in [6.45, 7) is 15.9. The summed E-state index contributed by atoms with van der Waals surface area (Å²) in [6.07, 6.45) is 10.3. The lowest BCUT2D eigenvalue weighted by Crippen LogP contribution is -2.39. The molecule has 0 aliphatic heterocycles. The van der Waals surface area contributed by atoms with Gasteiger partial charge < -0.3 is 0 Å². The van der Waals surface area contributed by atoms with Gasteiger partial charge in [-0.3, -0.25) is 10.9 Å². The molecule has 0 rings (SSSR count). The SMILES string of the molecule is C=C/C=C\C(=C/C)C(CCC)NNC.CC.CC. The minimum atomic E-state index is 0.381. The summed E-state index contributed by atoms with van der Waals surface area (Å²) in [5, 5.41) is 0. The highest BCUT2D eigenvalue weighted by atomic mass is 15.3. The number of hydrazine groups is 1. The van der Waals surface area contributed by atoms with Crippen molar-refractivity contribution in [2.45, 2.75) is 60.4 Å². The first-order chi connectivity index (χ1) is 8.79. The molecule has 108 valence electrons. The summed E-state index contributed by atoms with van der Waals surface area (Å²) < 4.78 is 0. The van der Waals surface area contributed by atoms with Crippen LogP contribution < -0.4 is 10.9 Å². The van der Waals surface area contributed by atoms with Gasteiger partial charge in [0.25, 0.3) is 0 Å². The third-order valence-corrected chi connectivity index (χ3v) is 2.06. The van der Waals surface area contributed by atoms with Gasteiger partial charge in [-0.15, -0.1) is 0 Å². The second kappa shape index (κ2) is 21.4. The van der Waals surface area contributed by atoms with Gasteiger partial charge in [-0.25, -0.2) is 0 Å². The third-order valence-electron chi connectivity index (χ3n) is 2.06. The highest BCUT2D eigenvalue weighted by molar-refractivity contribution is 5.26. The predicted octanol–water partition coefficient (Wildman–Crippen LogP) is 4.62. The molecule has 0 aromatic rings. The van der Waals surface area contributed by atoms with E-state index in [-0.39, 0.29) is 0 Å². The average Bonchev–Trinajstić information content (AvgIpc) is 2.44. The molecule has 0 saturated heterocycles. The smallest absolute Gasteiger partial charge is 0.0458 e. The minimum absolute atomic E-state index is 0.381. The van der Waals surface area contributed by atoms with Crippen LogP contribution in [0.25, 0.3) is 0 Å². The number of rotatable bonds is 7. The molecule has 0 spiro atoms. The van der Waals surface area contributed by atoms with E-state index in [1.807, 2.05) is 40.8 Å². The molecule has 2 N–H and O–H groups in total. The van der Waals surface area contributed by atoms with Crippen LogP contribution in [-0.4, -0.2) is 13.1 Å². The van der Waals surface area contributed by atoms with Crippen molar-refractivity contribution in [1.29, 1.82) is 0 Å². The van der Waals surface area contributed by atoms with Crippen molar-refractivity contribution in [2.24, 2.45) is 0 Å². The number of nitrogens with one attached hydrogen (secondary N) is 2. The van der Waals surface area contributed by atoms with Crippen molar-refractivity contribution in [3.05, 3.63) is 36.5 Å². The molecule has 0 bridgehead atoms. The number of hydrogen-bond donors (Lipinski definition) is 2. The first-order valence-corrected chi connectivity index (χ1v) is 7.17. The van der Waals surface area contributed by atoms with Gasteiger partial charge in [0.05, 0.1) is 0 Å². The Kier molecular flexibility index (Phi) is 26.6. The van der Waals surface area contributed by atoms with Crippen LogP contribution in [0.3, 0.4) is 0 Å². The van der Waals surface area contributed by atoms with Gasteiger partial charge in [-0.05, 0) is 26.0 Å². The third kappa shape index (κ3) is 13.2. The minimum Gasteiger partial charge on any atom is -0.260 e. The van der Waals surface area contributed by atoms with E-state index < -0.39 is 0 Å². The van der Waals surface area contributed by atoms with Crippen molar-refractivity contribution in [2.75, 3.05) is 7.05 Å². The van der Waals surface area contributed by atoms with Crippen molar-refractivity contribution >= 4 is 0 Å². The Balaban J connectivity index is -0.000000506. The molecule has 2 heteroatoms. The summed E-state index contributed by atoms with van der Waals surface area (Å²) in [5.41, 5.74) is 7.53. The van der Waals surface area contributed by atoms with Gasteiger partial charge in [-0.2, -0.15) is 0 Å². The molecule has 0 saturated carbocycles. The fraction of sp³-hybridized carbons (Fsp3) is 0.625. The molecule has 0 aliphatic rings. The largest absolute Gasteiger partial charge is 0.260 e. The van der Waals surface area contributed by atoms with E-state index in [4.69, 9.17) is 0 Å².